The van der Waals surface area contributed by atoms with Gasteiger partial charge in [-0.1, -0.05) is 0 Å². The summed E-state index contributed by atoms with van der Waals surface area (Å²) < 4.78 is 29.0. The van der Waals surface area contributed by atoms with Crippen LogP contribution in [-0.4, -0.2) is 79.9 Å². The second-order valence-corrected chi connectivity index (χ2v) is 11.8. The van der Waals surface area contributed by atoms with E-state index in [1.165, 1.54) is 39.1 Å². The zero-order valence-corrected chi connectivity index (χ0v) is 22.1. The summed E-state index contributed by atoms with van der Waals surface area (Å²) in [5.74, 6) is -3.05. The SMILES string of the molecule is CC(C(=O)NC1C(=O)Nc2ccc(C#N)cc2N(C(=O)CS(C)(=O)=O)C1C)N(C)C(=O)OC(C)(C)C. The standard InChI is InChI=1S/C23H31N5O7S/c1-13-19(26-20(30)14(2)27(6)22(32)35-23(3,4)5)21(31)25-16-9-8-15(11-24)10-17(16)28(13)18(29)12-36(7,33)34/h8-10,13-14,19H,12H2,1-7H3,(H,25,31)(H,26,30). The van der Waals surface area contributed by atoms with E-state index < -0.39 is 63.1 Å². The summed E-state index contributed by atoms with van der Waals surface area (Å²) in [5.41, 5.74) is -0.309. The number of hydrogen-bond donors (Lipinski definition) is 2. The Bertz CT molecular complexity index is 1220. The van der Waals surface area contributed by atoms with E-state index in [0.717, 1.165) is 16.1 Å². The molecule has 13 heteroatoms. The molecule has 0 spiro atoms. The quantitative estimate of drug-likeness (QED) is 0.579. The maximum absolute atomic E-state index is 13.1. The lowest BCUT2D eigenvalue weighted by Gasteiger charge is -2.33. The lowest BCUT2D eigenvalue weighted by atomic mass is 10.1. The molecule has 36 heavy (non-hydrogen) atoms. The van der Waals surface area contributed by atoms with E-state index in [2.05, 4.69) is 10.6 Å². The second kappa shape index (κ2) is 10.5. The number of benzene rings is 1. The van der Waals surface area contributed by atoms with E-state index in [0.29, 0.717) is 0 Å². The van der Waals surface area contributed by atoms with Gasteiger partial charge in [-0.25, -0.2) is 13.2 Å². The molecule has 0 aliphatic carbocycles. The summed E-state index contributed by atoms with van der Waals surface area (Å²) in [7, 11) is -2.37. The van der Waals surface area contributed by atoms with E-state index in [4.69, 9.17) is 4.74 Å². The number of nitriles is 1. The van der Waals surface area contributed by atoms with Gasteiger partial charge in [-0.3, -0.25) is 19.3 Å². The van der Waals surface area contributed by atoms with Crippen molar-refractivity contribution in [1.82, 2.24) is 10.2 Å². The second-order valence-electron chi connectivity index (χ2n) is 9.66. The summed E-state index contributed by atoms with van der Waals surface area (Å²) in [5, 5.41) is 14.5. The highest BCUT2D eigenvalue weighted by Gasteiger charge is 2.40. The van der Waals surface area contributed by atoms with Gasteiger partial charge in [-0.2, -0.15) is 5.26 Å². The number of likely N-dealkylation sites (N-methyl/N-ethyl adjacent to an activating group) is 1. The number of nitrogens with zero attached hydrogens (tertiary/aromatic N) is 3. The van der Waals surface area contributed by atoms with Gasteiger partial charge in [-0.15, -0.1) is 0 Å². The molecule has 0 radical (unpaired) electrons. The van der Waals surface area contributed by atoms with Crippen molar-refractivity contribution in [1.29, 1.82) is 5.26 Å². The fourth-order valence-electron chi connectivity index (χ4n) is 3.49. The van der Waals surface area contributed by atoms with Gasteiger partial charge in [0.2, 0.25) is 17.7 Å². The van der Waals surface area contributed by atoms with Gasteiger partial charge in [-0.05, 0) is 52.8 Å². The Balaban J connectivity index is 2.41. The smallest absolute Gasteiger partial charge is 0.410 e. The van der Waals surface area contributed by atoms with Crippen LogP contribution in [0.2, 0.25) is 0 Å². The molecule has 196 valence electrons. The van der Waals surface area contributed by atoms with Crippen LogP contribution in [0.1, 0.15) is 40.2 Å². The first-order chi connectivity index (χ1) is 16.4. The maximum Gasteiger partial charge on any atom is 0.410 e. The largest absolute Gasteiger partial charge is 0.444 e. The van der Waals surface area contributed by atoms with Crippen LogP contribution in [-0.2, 0) is 29.0 Å². The normalized spacial score (nSPS) is 18.6. The molecule has 1 heterocycles. The van der Waals surface area contributed by atoms with Crippen molar-refractivity contribution < 1.29 is 32.3 Å². The van der Waals surface area contributed by atoms with E-state index >= 15 is 0 Å². The van der Waals surface area contributed by atoms with Crippen LogP contribution in [0.25, 0.3) is 0 Å². The van der Waals surface area contributed by atoms with Crippen LogP contribution in [0.15, 0.2) is 18.2 Å². The highest BCUT2D eigenvalue weighted by Crippen LogP contribution is 2.33. The van der Waals surface area contributed by atoms with Crippen LogP contribution in [0.3, 0.4) is 0 Å². The average Bonchev–Trinajstić information content (AvgIpc) is 2.83. The number of anilines is 2. The van der Waals surface area contributed by atoms with Crippen molar-refractivity contribution in [3.05, 3.63) is 23.8 Å². The minimum Gasteiger partial charge on any atom is -0.444 e. The number of rotatable bonds is 5. The molecule has 0 aromatic heterocycles. The number of fused-ring (bicyclic) bond motifs is 1. The minimum atomic E-state index is -3.74. The first kappa shape index (κ1) is 28.6. The summed E-state index contributed by atoms with van der Waals surface area (Å²) >= 11 is 0. The fraction of sp³-hybridized carbons (Fsp3) is 0.522. The lowest BCUT2D eigenvalue weighted by molar-refractivity contribution is -0.130. The van der Waals surface area contributed by atoms with Crippen LogP contribution in [0.4, 0.5) is 16.2 Å². The number of sulfone groups is 1. The van der Waals surface area contributed by atoms with E-state index in [1.807, 2.05) is 6.07 Å². The number of carbonyl (C=O) groups is 4. The zero-order chi connectivity index (χ0) is 27.6. The molecule has 0 fully saturated rings. The topological polar surface area (TPSA) is 166 Å². The van der Waals surface area contributed by atoms with Gasteiger partial charge < -0.3 is 20.3 Å². The molecule has 1 aromatic carbocycles. The van der Waals surface area contributed by atoms with Gasteiger partial charge in [0.15, 0.2) is 9.84 Å². The van der Waals surface area contributed by atoms with E-state index in [1.54, 1.807) is 20.8 Å². The Morgan fingerprint density at radius 1 is 1.31 bits per heavy atom. The van der Waals surface area contributed by atoms with Crippen molar-refractivity contribution in [3.63, 3.8) is 0 Å². The molecule has 0 saturated carbocycles. The molecule has 3 atom stereocenters. The first-order valence-corrected chi connectivity index (χ1v) is 13.1. The predicted octanol–water partition coefficient (Wildman–Crippen LogP) is 1.02. The summed E-state index contributed by atoms with van der Waals surface area (Å²) in [6, 6.07) is 2.75. The van der Waals surface area contributed by atoms with Crippen LogP contribution in [0.5, 0.6) is 0 Å². The van der Waals surface area contributed by atoms with E-state index in [9.17, 15) is 32.9 Å². The van der Waals surface area contributed by atoms with Crippen LogP contribution in [0, 0.1) is 11.3 Å². The molecule has 2 rings (SSSR count). The third-order valence-corrected chi connectivity index (χ3v) is 6.18. The number of ether oxygens (including phenoxy) is 1. The molecular weight excluding hydrogens is 490 g/mol. The van der Waals surface area contributed by atoms with Crippen molar-refractivity contribution >= 4 is 45.0 Å². The molecule has 0 bridgehead atoms. The third-order valence-electron chi connectivity index (χ3n) is 5.41. The molecule has 1 aliphatic heterocycles. The van der Waals surface area contributed by atoms with Gasteiger partial charge in [0.05, 0.1) is 29.0 Å². The Morgan fingerprint density at radius 2 is 1.92 bits per heavy atom. The number of hydrogen-bond acceptors (Lipinski definition) is 8. The fourth-order valence-corrected chi connectivity index (χ4v) is 4.08. The highest BCUT2D eigenvalue weighted by atomic mass is 32.2. The summed E-state index contributed by atoms with van der Waals surface area (Å²) in [6.07, 6.45) is 0.154. The predicted molar refractivity (Wildman–Crippen MR) is 132 cm³/mol. The third kappa shape index (κ3) is 6.94. The van der Waals surface area contributed by atoms with Crippen molar-refractivity contribution in [3.8, 4) is 6.07 Å². The average molecular weight is 522 g/mol. The number of nitrogens with one attached hydrogen (secondary N) is 2. The number of carbonyl (C=O) groups excluding carboxylic acids is 4. The Labute approximate surface area is 210 Å². The van der Waals surface area contributed by atoms with Crippen molar-refractivity contribution in [2.24, 2.45) is 0 Å². The molecule has 1 aliphatic rings. The van der Waals surface area contributed by atoms with Crippen molar-refractivity contribution in [2.75, 3.05) is 29.3 Å². The summed E-state index contributed by atoms with van der Waals surface area (Å²) in [4.78, 5) is 53.7. The Kier molecular flexibility index (Phi) is 8.36. The van der Waals surface area contributed by atoms with Crippen LogP contribution < -0.4 is 15.5 Å². The lowest BCUT2D eigenvalue weighted by Crippen LogP contribution is -2.59. The first-order valence-electron chi connectivity index (χ1n) is 11.1. The molecule has 12 nitrogen and oxygen atoms in total. The molecule has 4 amide bonds. The molecular formula is C23H31N5O7S. The van der Waals surface area contributed by atoms with E-state index in [-0.39, 0.29) is 16.9 Å². The number of amides is 4. The minimum absolute atomic E-state index is 0.124. The molecule has 0 saturated heterocycles. The molecule has 2 N–H and O–H groups in total. The zero-order valence-electron chi connectivity index (χ0n) is 21.3. The molecule has 3 unspecified atom stereocenters. The van der Waals surface area contributed by atoms with Crippen LogP contribution >= 0.6 is 0 Å². The van der Waals surface area contributed by atoms with Gasteiger partial charge in [0.1, 0.15) is 23.4 Å². The summed E-state index contributed by atoms with van der Waals surface area (Å²) in [6.45, 7) is 7.95. The Morgan fingerprint density at radius 3 is 2.44 bits per heavy atom. The Hall–Kier alpha value is -3.66. The van der Waals surface area contributed by atoms with Gasteiger partial charge in [0.25, 0.3) is 0 Å². The highest BCUT2D eigenvalue weighted by molar-refractivity contribution is 7.91. The van der Waals surface area contributed by atoms with Crippen molar-refractivity contribution in [2.45, 2.75) is 58.3 Å². The van der Waals surface area contributed by atoms with Gasteiger partial charge >= 0.3 is 6.09 Å². The molecule has 1 aromatic rings. The maximum atomic E-state index is 13.1. The van der Waals surface area contributed by atoms with Gasteiger partial charge in [0, 0.05) is 13.3 Å². The monoisotopic (exact) mass is 521 g/mol.